The van der Waals surface area contributed by atoms with Gasteiger partial charge >= 0.3 is 12.1 Å². The van der Waals surface area contributed by atoms with Crippen molar-refractivity contribution in [3.8, 4) is 6.07 Å². The van der Waals surface area contributed by atoms with Gasteiger partial charge in [-0.2, -0.15) is 18.4 Å². The molecule has 166 valence electrons. The fraction of sp³-hybridized carbons (Fsp3) is 0.318. The molecule has 1 aliphatic heterocycles. The Hall–Kier alpha value is -3.58. The van der Waals surface area contributed by atoms with Crippen LogP contribution in [0.25, 0.3) is 11.0 Å². The first-order chi connectivity index (χ1) is 15.2. The van der Waals surface area contributed by atoms with E-state index in [4.69, 9.17) is 15.7 Å². The minimum absolute atomic E-state index is 0.00200. The maximum atomic E-state index is 12.8. The smallest absolute Gasteiger partial charge is 0.449 e. The van der Waals surface area contributed by atoms with Crippen molar-refractivity contribution in [1.82, 2.24) is 9.55 Å². The molecule has 0 amide bonds. The first kappa shape index (κ1) is 21.6. The third-order valence-electron chi connectivity index (χ3n) is 5.57. The number of esters is 1. The molecule has 0 aliphatic carbocycles. The quantitative estimate of drug-likeness (QED) is 0.609. The highest BCUT2D eigenvalue weighted by Crippen LogP contribution is 2.33. The van der Waals surface area contributed by atoms with Gasteiger partial charge in [0.1, 0.15) is 5.60 Å². The Morgan fingerprint density at radius 2 is 1.94 bits per heavy atom. The predicted molar refractivity (Wildman–Crippen MR) is 111 cm³/mol. The summed E-state index contributed by atoms with van der Waals surface area (Å²) >= 11 is 0. The van der Waals surface area contributed by atoms with Gasteiger partial charge in [-0.1, -0.05) is 24.3 Å². The van der Waals surface area contributed by atoms with E-state index in [9.17, 15) is 18.0 Å². The number of fused-ring (bicyclic) bond motifs is 1. The fourth-order valence-electron chi connectivity index (χ4n) is 3.89. The Balaban J connectivity index is 1.66. The number of aromatic nitrogens is 2. The molecule has 1 aromatic heterocycles. The van der Waals surface area contributed by atoms with Gasteiger partial charge < -0.3 is 19.9 Å². The third-order valence-corrected chi connectivity index (χ3v) is 5.57. The average molecular weight is 443 g/mol. The number of anilines is 1. The highest BCUT2D eigenvalue weighted by molar-refractivity contribution is 5.79. The van der Waals surface area contributed by atoms with E-state index in [1.165, 1.54) is 0 Å². The molecule has 1 fully saturated rings. The van der Waals surface area contributed by atoms with Crippen molar-refractivity contribution in [2.24, 2.45) is 5.73 Å². The van der Waals surface area contributed by atoms with Crippen LogP contribution in [0.5, 0.6) is 0 Å². The summed E-state index contributed by atoms with van der Waals surface area (Å²) in [7, 11) is 0. The van der Waals surface area contributed by atoms with Crippen LogP contribution in [0.3, 0.4) is 0 Å². The number of imidazole rings is 1. The Morgan fingerprint density at radius 3 is 2.59 bits per heavy atom. The van der Waals surface area contributed by atoms with Crippen LogP contribution < -0.4 is 10.6 Å². The van der Waals surface area contributed by atoms with Crippen LogP contribution in [0.15, 0.2) is 48.5 Å². The number of rotatable bonds is 5. The second-order valence-electron chi connectivity index (χ2n) is 7.74. The van der Waals surface area contributed by atoms with Gasteiger partial charge in [0.25, 0.3) is 0 Å². The number of nitriles is 1. The van der Waals surface area contributed by atoms with Gasteiger partial charge in [0.2, 0.25) is 5.95 Å². The number of para-hydroxylation sites is 2. The molecule has 1 aliphatic rings. The molecule has 0 spiro atoms. The SMILES string of the molecule is N#Cc1ccc(Cn2c(N3CC[C@@](CN)(OC(=O)C(F)(F)F)C3)nc3ccccc32)cc1. The molecule has 2 N–H and O–H groups in total. The molecule has 3 aromatic rings. The maximum absolute atomic E-state index is 12.8. The number of halogens is 3. The van der Waals surface area contributed by atoms with E-state index in [0.29, 0.717) is 24.6 Å². The van der Waals surface area contributed by atoms with Crippen molar-refractivity contribution in [2.45, 2.75) is 24.7 Å². The molecule has 2 aromatic carbocycles. The van der Waals surface area contributed by atoms with Crippen molar-refractivity contribution in [3.63, 3.8) is 0 Å². The van der Waals surface area contributed by atoms with Gasteiger partial charge in [0, 0.05) is 19.5 Å². The molecule has 0 saturated carbocycles. The normalized spacial score (nSPS) is 18.7. The van der Waals surface area contributed by atoms with Gasteiger partial charge in [0.15, 0.2) is 0 Å². The third kappa shape index (κ3) is 4.11. The fourth-order valence-corrected chi connectivity index (χ4v) is 3.89. The molecule has 4 rings (SSSR count). The van der Waals surface area contributed by atoms with E-state index in [0.717, 1.165) is 16.6 Å². The molecule has 32 heavy (non-hydrogen) atoms. The number of ether oxygens (including phenoxy) is 1. The molecule has 0 bridgehead atoms. The van der Waals surface area contributed by atoms with E-state index >= 15 is 0 Å². The molecule has 2 heterocycles. The van der Waals surface area contributed by atoms with Crippen molar-refractivity contribution in [2.75, 3.05) is 24.5 Å². The highest BCUT2D eigenvalue weighted by Gasteiger charge is 2.49. The van der Waals surface area contributed by atoms with Crippen molar-refractivity contribution in [1.29, 1.82) is 5.26 Å². The average Bonchev–Trinajstić information content (AvgIpc) is 3.36. The van der Waals surface area contributed by atoms with Crippen molar-refractivity contribution < 1.29 is 22.7 Å². The minimum Gasteiger partial charge on any atom is -0.449 e. The number of nitrogens with zero attached hydrogens (tertiary/aromatic N) is 4. The van der Waals surface area contributed by atoms with Crippen LogP contribution in [-0.2, 0) is 16.1 Å². The summed E-state index contributed by atoms with van der Waals surface area (Å²) in [6.07, 6.45) is -4.93. The minimum atomic E-state index is -5.08. The number of hydrogen-bond donors (Lipinski definition) is 1. The maximum Gasteiger partial charge on any atom is 0.490 e. The zero-order valence-electron chi connectivity index (χ0n) is 17.0. The van der Waals surface area contributed by atoms with E-state index in [1.807, 2.05) is 41.0 Å². The summed E-state index contributed by atoms with van der Waals surface area (Å²) in [5.41, 5.74) is 7.36. The summed E-state index contributed by atoms with van der Waals surface area (Å²) in [6, 6.07) is 16.7. The Morgan fingerprint density at radius 1 is 1.22 bits per heavy atom. The summed E-state index contributed by atoms with van der Waals surface area (Å²) in [5.74, 6) is -1.69. The monoisotopic (exact) mass is 443 g/mol. The standard InChI is InChI=1S/C22H20F3N5O2/c23-22(24,25)19(31)32-21(13-27)9-10-29(14-21)20-28-17-3-1-2-4-18(17)30(20)12-16-7-5-15(11-26)6-8-16/h1-8H,9-10,12-14,27H2/t21-/m0/s1. The molecular weight excluding hydrogens is 423 g/mol. The van der Waals surface area contributed by atoms with Gasteiger partial charge in [0.05, 0.1) is 35.8 Å². The van der Waals surface area contributed by atoms with E-state index in [2.05, 4.69) is 11.1 Å². The lowest BCUT2D eigenvalue weighted by atomic mass is 10.0. The largest absolute Gasteiger partial charge is 0.490 e. The summed E-state index contributed by atoms with van der Waals surface area (Å²) in [4.78, 5) is 17.9. The zero-order chi connectivity index (χ0) is 22.9. The molecule has 1 atom stereocenters. The first-order valence-corrected chi connectivity index (χ1v) is 9.94. The van der Waals surface area contributed by atoms with Crippen LogP contribution in [0.4, 0.5) is 19.1 Å². The van der Waals surface area contributed by atoms with Crippen LogP contribution >= 0.6 is 0 Å². The van der Waals surface area contributed by atoms with Crippen LogP contribution in [0.1, 0.15) is 17.5 Å². The topological polar surface area (TPSA) is 97.2 Å². The number of hydrogen-bond acceptors (Lipinski definition) is 6. The van der Waals surface area contributed by atoms with Crippen LogP contribution in [0.2, 0.25) is 0 Å². The molecule has 1 saturated heterocycles. The van der Waals surface area contributed by atoms with Gasteiger partial charge in [-0.15, -0.1) is 0 Å². The van der Waals surface area contributed by atoms with Crippen molar-refractivity contribution >= 4 is 23.0 Å². The lowest BCUT2D eigenvalue weighted by molar-refractivity contribution is -0.211. The van der Waals surface area contributed by atoms with Gasteiger partial charge in [-0.25, -0.2) is 9.78 Å². The molecule has 10 heteroatoms. The Kier molecular flexibility index (Phi) is 5.52. The number of carbonyl (C=O) groups excluding carboxylic acids is 1. The Bertz CT molecular complexity index is 1180. The predicted octanol–water partition coefficient (Wildman–Crippen LogP) is 2.97. The van der Waals surface area contributed by atoms with Crippen molar-refractivity contribution in [3.05, 3.63) is 59.7 Å². The Labute approximate surface area is 181 Å². The number of alkyl halides is 3. The molecule has 7 nitrogen and oxygen atoms in total. The summed E-state index contributed by atoms with van der Waals surface area (Å²) in [6.45, 7) is 0.540. The lowest BCUT2D eigenvalue weighted by Gasteiger charge is -2.28. The number of carbonyl (C=O) groups is 1. The van der Waals surface area contributed by atoms with Gasteiger partial charge in [-0.3, -0.25) is 0 Å². The summed E-state index contributed by atoms with van der Waals surface area (Å²) in [5, 5.41) is 9.01. The second kappa shape index (κ2) is 8.16. The van der Waals surface area contributed by atoms with Crippen LogP contribution in [0, 0.1) is 11.3 Å². The number of benzene rings is 2. The second-order valence-corrected chi connectivity index (χ2v) is 7.74. The van der Waals surface area contributed by atoms with E-state index < -0.39 is 17.7 Å². The molecular formula is C22H20F3N5O2. The zero-order valence-corrected chi connectivity index (χ0v) is 17.0. The first-order valence-electron chi connectivity index (χ1n) is 9.94. The summed E-state index contributed by atoms with van der Waals surface area (Å²) < 4.78 is 45.1. The van der Waals surface area contributed by atoms with Gasteiger partial charge in [-0.05, 0) is 29.8 Å². The highest BCUT2D eigenvalue weighted by atomic mass is 19.4. The molecule has 0 unspecified atom stereocenters. The van der Waals surface area contributed by atoms with E-state index in [1.54, 1.807) is 17.0 Å². The van der Waals surface area contributed by atoms with Crippen LogP contribution in [-0.4, -0.2) is 46.9 Å². The molecule has 0 radical (unpaired) electrons. The number of nitrogens with two attached hydrogens (primary N) is 1. The lowest BCUT2D eigenvalue weighted by Crippen LogP contribution is -2.47. The van der Waals surface area contributed by atoms with E-state index in [-0.39, 0.29) is 19.5 Å².